The molecule has 3 aromatic heterocycles. The molecule has 6 rings (SSSR count). The lowest BCUT2D eigenvalue weighted by atomic mass is 10.0. The summed E-state index contributed by atoms with van der Waals surface area (Å²) in [5.41, 5.74) is 6.07. The lowest BCUT2D eigenvalue weighted by Gasteiger charge is -2.49. The summed E-state index contributed by atoms with van der Waals surface area (Å²) in [6.45, 7) is 1.69. The number of nitrogen functional groups attached to an aromatic ring is 1. The van der Waals surface area contributed by atoms with Crippen LogP contribution in [0.5, 0.6) is 11.5 Å². The number of phenolic OH excluding ortho intramolecular Hbond substituents is 2. The quantitative estimate of drug-likeness (QED) is 0.0375. The maximum Gasteiger partial charge on any atom is 0.352 e. The second-order valence-corrected chi connectivity index (χ2v) is 15.2. The fraction of sp³-hybridized carbons (Fsp3) is 0.231. The van der Waals surface area contributed by atoms with Crippen LogP contribution < -0.4 is 11.1 Å². The zero-order chi connectivity index (χ0) is 33.8. The SMILES string of the molecule is Cc1cc(SCC2=C(C(=O)O)N3C(=O)[C@@H](NC(=O)C(=O)c4csc(N)n4)[C@H]3SC2)n2nc(CS(=O)(=O)c3ccc(O)c(O)c3)nc2n1. The Kier molecular flexibility index (Phi) is 8.32. The molecule has 0 unspecified atom stereocenters. The first-order chi connectivity index (χ1) is 22.2. The van der Waals surface area contributed by atoms with Crippen molar-refractivity contribution in [2.75, 3.05) is 17.2 Å². The van der Waals surface area contributed by atoms with E-state index in [2.05, 4.69) is 25.4 Å². The van der Waals surface area contributed by atoms with E-state index in [1.165, 1.54) is 33.4 Å². The average molecular weight is 719 g/mol. The first kappa shape index (κ1) is 32.2. The lowest BCUT2D eigenvalue weighted by Crippen LogP contribution is -2.71. The summed E-state index contributed by atoms with van der Waals surface area (Å²) in [6, 6.07) is 3.66. The van der Waals surface area contributed by atoms with Crippen molar-refractivity contribution in [2.45, 2.75) is 34.0 Å². The minimum atomic E-state index is -4.02. The van der Waals surface area contributed by atoms with E-state index in [-0.39, 0.29) is 44.5 Å². The van der Waals surface area contributed by atoms with Crippen molar-refractivity contribution in [3.63, 3.8) is 0 Å². The molecule has 0 radical (unpaired) electrons. The number of thioether (sulfide) groups is 2. The van der Waals surface area contributed by atoms with Gasteiger partial charge in [-0.1, -0.05) is 0 Å². The number of β-lactam (4-membered cyclic amide) rings is 1. The second-order valence-electron chi connectivity index (χ2n) is 10.2. The highest BCUT2D eigenvalue weighted by atomic mass is 32.2. The molecule has 2 atom stereocenters. The minimum Gasteiger partial charge on any atom is -0.504 e. The molecule has 17 nitrogen and oxygen atoms in total. The van der Waals surface area contributed by atoms with Gasteiger partial charge in [0.15, 0.2) is 32.3 Å². The predicted octanol–water partition coefficient (Wildman–Crippen LogP) is 0.570. The van der Waals surface area contributed by atoms with Gasteiger partial charge in [0.25, 0.3) is 23.4 Å². The summed E-state index contributed by atoms with van der Waals surface area (Å²) in [7, 11) is -4.02. The Morgan fingerprint density at radius 2 is 1.91 bits per heavy atom. The zero-order valence-electron chi connectivity index (χ0n) is 23.8. The molecule has 4 aromatic rings. The van der Waals surface area contributed by atoms with Crippen LogP contribution in [0.25, 0.3) is 5.78 Å². The van der Waals surface area contributed by atoms with Gasteiger partial charge in [0.05, 0.1) is 4.90 Å². The first-order valence-corrected chi connectivity index (χ1v) is 17.9. The summed E-state index contributed by atoms with van der Waals surface area (Å²) < 4.78 is 27.2. The van der Waals surface area contributed by atoms with E-state index < -0.39 is 62.1 Å². The zero-order valence-corrected chi connectivity index (χ0v) is 27.1. The first-order valence-electron chi connectivity index (χ1n) is 13.3. The van der Waals surface area contributed by atoms with Crippen molar-refractivity contribution in [1.29, 1.82) is 0 Å². The molecule has 244 valence electrons. The maximum absolute atomic E-state index is 13.0. The number of aliphatic carboxylic acids is 1. The van der Waals surface area contributed by atoms with E-state index in [1.54, 1.807) is 13.0 Å². The number of anilines is 1. The van der Waals surface area contributed by atoms with Crippen LogP contribution in [0.3, 0.4) is 0 Å². The van der Waals surface area contributed by atoms with Crippen LogP contribution in [0.15, 0.2) is 50.8 Å². The number of aromatic nitrogens is 5. The highest BCUT2D eigenvalue weighted by Crippen LogP contribution is 2.41. The van der Waals surface area contributed by atoms with Crippen molar-refractivity contribution in [2.24, 2.45) is 0 Å². The number of carboxylic acid groups (broad SMARTS) is 1. The normalized spacial score (nSPS) is 17.8. The number of carbonyl (C=O) groups is 4. The number of thiazole rings is 1. The van der Waals surface area contributed by atoms with Crippen LogP contribution in [0.4, 0.5) is 5.13 Å². The highest BCUT2D eigenvalue weighted by molar-refractivity contribution is 8.01. The number of rotatable bonds is 10. The Hall–Kier alpha value is -4.73. The molecular weight excluding hydrogens is 697 g/mol. The van der Waals surface area contributed by atoms with Gasteiger partial charge in [-0.3, -0.25) is 19.3 Å². The molecule has 0 saturated carbocycles. The third-order valence-corrected chi connectivity index (χ3v) is 11.7. The lowest BCUT2D eigenvalue weighted by molar-refractivity contribution is -0.150. The molecule has 2 aliphatic heterocycles. The van der Waals surface area contributed by atoms with Crippen molar-refractivity contribution in [3.05, 3.63) is 58.1 Å². The number of nitrogens with two attached hydrogens (primary N) is 1. The Bertz CT molecular complexity index is 2150. The number of nitrogens with one attached hydrogen (secondary N) is 1. The van der Waals surface area contributed by atoms with Crippen molar-refractivity contribution in [1.82, 2.24) is 34.8 Å². The second kappa shape index (κ2) is 12.1. The number of amides is 2. The molecule has 1 aromatic carbocycles. The van der Waals surface area contributed by atoms with Gasteiger partial charge in [-0.15, -0.1) is 40.0 Å². The molecule has 47 heavy (non-hydrogen) atoms. The molecule has 0 aliphatic carbocycles. The number of fused-ring (bicyclic) bond motifs is 2. The number of nitrogens with zero attached hydrogens (tertiary/aromatic N) is 6. The third kappa shape index (κ3) is 6.08. The molecule has 2 aliphatic rings. The Labute approximate surface area is 276 Å². The molecule has 1 saturated heterocycles. The van der Waals surface area contributed by atoms with E-state index in [0.29, 0.717) is 16.3 Å². The number of carbonyl (C=O) groups excluding carboxylic acids is 3. The van der Waals surface area contributed by atoms with E-state index in [0.717, 1.165) is 34.4 Å². The van der Waals surface area contributed by atoms with Crippen LogP contribution >= 0.6 is 34.9 Å². The van der Waals surface area contributed by atoms with Gasteiger partial charge < -0.3 is 26.4 Å². The number of aromatic hydroxyl groups is 2. The Morgan fingerprint density at radius 1 is 1.15 bits per heavy atom. The number of sulfone groups is 1. The molecular formula is C26H22N8O9S4. The molecule has 21 heteroatoms. The molecule has 2 amide bonds. The van der Waals surface area contributed by atoms with Gasteiger partial charge in [0.2, 0.25) is 0 Å². The van der Waals surface area contributed by atoms with Gasteiger partial charge in [0, 0.05) is 28.6 Å². The number of Topliss-reactive ketones (excluding diaryl/α,β-unsaturated/α-hetero) is 1. The van der Waals surface area contributed by atoms with Crippen molar-refractivity contribution < 1.29 is 42.9 Å². The molecule has 6 N–H and O–H groups in total. The van der Waals surface area contributed by atoms with E-state index in [4.69, 9.17) is 5.73 Å². The summed E-state index contributed by atoms with van der Waals surface area (Å²) >= 11 is 3.38. The van der Waals surface area contributed by atoms with Gasteiger partial charge in [0.1, 0.15) is 33.6 Å². The summed E-state index contributed by atoms with van der Waals surface area (Å²) in [5, 5.41) is 37.1. The number of benzene rings is 1. The molecule has 0 bridgehead atoms. The largest absolute Gasteiger partial charge is 0.504 e. The monoisotopic (exact) mass is 718 g/mol. The number of hydrogen-bond donors (Lipinski definition) is 5. The van der Waals surface area contributed by atoms with Crippen molar-refractivity contribution in [3.8, 4) is 11.5 Å². The third-order valence-electron chi connectivity index (χ3n) is 6.97. The summed E-state index contributed by atoms with van der Waals surface area (Å²) in [6.07, 6.45) is 0. The van der Waals surface area contributed by atoms with Crippen LogP contribution in [0, 0.1) is 6.92 Å². The highest BCUT2D eigenvalue weighted by Gasteiger charge is 2.54. The van der Waals surface area contributed by atoms with Gasteiger partial charge >= 0.3 is 5.97 Å². The average Bonchev–Trinajstić information content (AvgIpc) is 3.63. The Morgan fingerprint density at radius 3 is 2.60 bits per heavy atom. The molecule has 0 spiro atoms. The smallest absolute Gasteiger partial charge is 0.352 e. The van der Waals surface area contributed by atoms with Gasteiger partial charge in [-0.25, -0.2) is 23.2 Å². The number of hydrogen-bond acceptors (Lipinski definition) is 16. The number of phenols is 2. The topological polar surface area (TPSA) is 260 Å². The van der Waals surface area contributed by atoms with E-state index >= 15 is 0 Å². The standard InChI is InChI=1S/C26H22N8O9S4/c1-10-4-17(34-26(28-10)30-16(32-34)9-47(42,43)12-2-3-14(35)15(36)5-12)44-6-11-7-45-23-18(22(39)33(23)19(11)24(40)41)31-21(38)20(37)13-8-46-25(27)29-13/h2-5,8,18,23,35-36H,6-7,9H2,1H3,(H2,27,29)(H,31,38)(H,40,41)/t18-,23-/m1/s1. The maximum atomic E-state index is 13.0. The molecule has 5 heterocycles. The van der Waals surface area contributed by atoms with Crippen LogP contribution in [0.1, 0.15) is 22.0 Å². The fourth-order valence-corrected chi connectivity index (χ4v) is 9.05. The summed E-state index contributed by atoms with van der Waals surface area (Å²) in [5.74, 6) is -5.45. The van der Waals surface area contributed by atoms with Crippen LogP contribution in [0.2, 0.25) is 0 Å². The van der Waals surface area contributed by atoms with Gasteiger partial charge in [-0.2, -0.15) is 9.50 Å². The fourth-order valence-electron chi connectivity index (χ4n) is 4.78. The van der Waals surface area contributed by atoms with Crippen LogP contribution in [-0.4, -0.2) is 99.7 Å². The van der Waals surface area contributed by atoms with E-state index in [9.17, 15) is 42.9 Å². The number of carboxylic acids is 1. The Balaban J connectivity index is 1.19. The van der Waals surface area contributed by atoms with E-state index in [1.807, 2.05) is 0 Å². The number of ketones is 1. The van der Waals surface area contributed by atoms with Crippen molar-refractivity contribution >= 4 is 79.2 Å². The predicted molar refractivity (Wildman–Crippen MR) is 167 cm³/mol. The number of aryl methyl sites for hydroxylation is 1. The van der Waals surface area contributed by atoms with Gasteiger partial charge in [-0.05, 0) is 30.7 Å². The molecule has 1 fully saturated rings. The summed E-state index contributed by atoms with van der Waals surface area (Å²) in [4.78, 5) is 63.4. The minimum absolute atomic E-state index is 0.0880. The van der Waals surface area contributed by atoms with Crippen LogP contribution in [-0.2, 0) is 30.0 Å².